The van der Waals surface area contributed by atoms with Crippen LogP contribution in [-0.4, -0.2) is 62.1 Å². The van der Waals surface area contributed by atoms with Crippen LogP contribution < -0.4 is 10.6 Å². The van der Waals surface area contributed by atoms with E-state index in [-0.39, 0.29) is 26.4 Å². The number of carbonyl (C=O) groups excluding carboxylic acids is 3. The normalized spacial score (nSPS) is 15.3. The molecule has 0 fully saturated rings. The van der Waals surface area contributed by atoms with Crippen LogP contribution in [0.25, 0.3) is 0 Å². The lowest BCUT2D eigenvalue weighted by molar-refractivity contribution is -0.148. The molecule has 12 heteroatoms. The SMILES string of the molecule is C=CCOP(=O)(OCCNC(=O)OC(C)(C)C)OC[C@H](NC(C)=O)[C@@H](C)OC(C)=O. The highest BCUT2D eigenvalue weighted by molar-refractivity contribution is 7.48. The number of phosphoric ester groups is 1. The molecule has 0 aromatic rings. The maximum absolute atomic E-state index is 12.8. The molecule has 2 N–H and O–H groups in total. The minimum Gasteiger partial charge on any atom is -0.461 e. The molecule has 0 rings (SSSR count). The molecular formula is C18H33N2O9P. The van der Waals surface area contributed by atoms with Crippen molar-refractivity contribution in [3.8, 4) is 0 Å². The second-order valence-electron chi connectivity index (χ2n) is 7.21. The van der Waals surface area contributed by atoms with Crippen LogP contribution in [0.3, 0.4) is 0 Å². The number of phosphoric acid groups is 1. The van der Waals surface area contributed by atoms with E-state index in [2.05, 4.69) is 17.2 Å². The van der Waals surface area contributed by atoms with Crippen molar-refractivity contribution in [3.63, 3.8) is 0 Å². The van der Waals surface area contributed by atoms with Crippen molar-refractivity contribution in [2.24, 2.45) is 0 Å². The molecule has 0 aliphatic heterocycles. The van der Waals surface area contributed by atoms with Crippen LogP contribution >= 0.6 is 7.82 Å². The molecule has 2 amide bonds. The molecule has 174 valence electrons. The fraction of sp³-hybridized carbons (Fsp3) is 0.722. The first-order chi connectivity index (χ1) is 13.8. The van der Waals surface area contributed by atoms with E-state index in [1.807, 2.05) is 0 Å². The van der Waals surface area contributed by atoms with Crippen molar-refractivity contribution >= 4 is 25.8 Å². The number of hydrogen-bond donors (Lipinski definition) is 2. The van der Waals surface area contributed by atoms with Gasteiger partial charge in [0.05, 0.1) is 25.9 Å². The van der Waals surface area contributed by atoms with Crippen molar-refractivity contribution in [2.75, 3.05) is 26.4 Å². The van der Waals surface area contributed by atoms with Gasteiger partial charge in [0.15, 0.2) is 0 Å². The number of carbonyl (C=O) groups is 3. The van der Waals surface area contributed by atoms with Crippen LogP contribution in [0.15, 0.2) is 12.7 Å². The van der Waals surface area contributed by atoms with Crippen molar-refractivity contribution in [3.05, 3.63) is 12.7 Å². The molecule has 0 radical (unpaired) electrons. The van der Waals surface area contributed by atoms with E-state index < -0.39 is 43.5 Å². The molecule has 0 saturated carbocycles. The summed E-state index contributed by atoms with van der Waals surface area (Å²) in [4.78, 5) is 34.2. The smallest absolute Gasteiger partial charge is 0.461 e. The minimum absolute atomic E-state index is 0.0152. The maximum Gasteiger partial charge on any atom is 0.475 e. The predicted octanol–water partition coefficient (Wildman–Crippen LogP) is 2.31. The Balaban J connectivity index is 4.86. The molecule has 30 heavy (non-hydrogen) atoms. The number of ether oxygens (including phenoxy) is 2. The van der Waals surface area contributed by atoms with E-state index in [0.29, 0.717) is 0 Å². The summed E-state index contributed by atoms with van der Waals surface area (Å²) in [6.45, 7) is 12.0. The Morgan fingerprint density at radius 2 is 1.77 bits per heavy atom. The number of hydrogen-bond acceptors (Lipinski definition) is 9. The van der Waals surface area contributed by atoms with E-state index in [1.54, 1.807) is 27.7 Å². The zero-order valence-electron chi connectivity index (χ0n) is 18.4. The predicted molar refractivity (Wildman–Crippen MR) is 109 cm³/mol. The monoisotopic (exact) mass is 452 g/mol. The molecule has 0 bridgehead atoms. The van der Waals surface area contributed by atoms with E-state index >= 15 is 0 Å². The summed E-state index contributed by atoms with van der Waals surface area (Å²) in [6.07, 6.45) is -0.0617. The molecule has 1 unspecified atom stereocenters. The molecule has 0 aromatic heterocycles. The fourth-order valence-electron chi connectivity index (χ4n) is 1.95. The Kier molecular flexibility index (Phi) is 12.5. The third-order valence-electron chi connectivity index (χ3n) is 3.09. The standard InChI is InChI=1S/C18H33N2O9P/c1-8-10-25-30(24,26-11-9-19-17(23)29-18(5,6)7)27-12-16(20-14(3)21)13(2)28-15(4)22/h8,13,16H,1,9-12H2,2-7H3,(H,19,23)(H,20,21)/t13-,16+,30?/m1/s1. The first-order valence-electron chi connectivity index (χ1n) is 9.33. The van der Waals surface area contributed by atoms with E-state index in [4.69, 9.17) is 23.0 Å². The Morgan fingerprint density at radius 3 is 2.27 bits per heavy atom. The van der Waals surface area contributed by atoms with Gasteiger partial charge in [-0.05, 0) is 27.7 Å². The lowest BCUT2D eigenvalue weighted by atomic mass is 10.2. The van der Waals surface area contributed by atoms with Gasteiger partial charge in [-0.2, -0.15) is 0 Å². The Hall–Kier alpha value is -1.94. The number of alkyl carbamates (subject to hydrolysis) is 1. The minimum atomic E-state index is -4.06. The maximum atomic E-state index is 12.8. The van der Waals surface area contributed by atoms with E-state index in [0.717, 1.165) is 0 Å². The summed E-state index contributed by atoms with van der Waals surface area (Å²) in [6, 6.07) is -0.796. The first kappa shape index (κ1) is 28.1. The molecule has 11 nitrogen and oxygen atoms in total. The van der Waals surface area contributed by atoms with E-state index in [1.165, 1.54) is 19.9 Å². The van der Waals surface area contributed by atoms with Gasteiger partial charge in [-0.25, -0.2) is 9.36 Å². The van der Waals surface area contributed by atoms with Gasteiger partial charge in [0, 0.05) is 20.4 Å². The summed E-state index contributed by atoms with van der Waals surface area (Å²) in [5, 5.41) is 5.00. The summed E-state index contributed by atoms with van der Waals surface area (Å²) < 4.78 is 38.5. The highest BCUT2D eigenvalue weighted by Gasteiger charge is 2.31. The average molecular weight is 452 g/mol. The summed E-state index contributed by atoms with van der Waals surface area (Å²) in [5.41, 5.74) is -0.659. The van der Waals surface area contributed by atoms with Gasteiger partial charge >= 0.3 is 19.9 Å². The van der Waals surface area contributed by atoms with Crippen molar-refractivity contribution in [2.45, 2.75) is 59.3 Å². The summed E-state index contributed by atoms with van der Waals surface area (Å²) in [7, 11) is -4.06. The number of nitrogens with one attached hydrogen (secondary N) is 2. The topological polar surface area (TPSA) is 138 Å². The quantitative estimate of drug-likeness (QED) is 0.186. The number of amides is 2. The lowest BCUT2D eigenvalue weighted by Crippen LogP contribution is -2.46. The summed E-state index contributed by atoms with van der Waals surface area (Å²) >= 11 is 0. The van der Waals surface area contributed by atoms with Crippen molar-refractivity contribution < 1.29 is 42.0 Å². The van der Waals surface area contributed by atoms with Crippen LogP contribution in [0, 0.1) is 0 Å². The average Bonchev–Trinajstić information content (AvgIpc) is 2.58. The molecule has 0 heterocycles. The Bertz CT molecular complexity index is 634. The second kappa shape index (κ2) is 13.4. The van der Waals surface area contributed by atoms with Crippen LogP contribution in [0.2, 0.25) is 0 Å². The van der Waals surface area contributed by atoms with Crippen LogP contribution in [-0.2, 0) is 37.2 Å². The largest absolute Gasteiger partial charge is 0.475 e. The lowest BCUT2D eigenvalue weighted by Gasteiger charge is -2.26. The molecule has 3 atom stereocenters. The Labute approximate surface area is 177 Å². The van der Waals surface area contributed by atoms with Gasteiger partial charge in [0.25, 0.3) is 0 Å². The second-order valence-corrected chi connectivity index (χ2v) is 8.88. The first-order valence-corrected chi connectivity index (χ1v) is 10.8. The molecular weight excluding hydrogens is 419 g/mol. The van der Waals surface area contributed by atoms with Crippen molar-refractivity contribution in [1.29, 1.82) is 0 Å². The van der Waals surface area contributed by atoms with Crippen LogP contribution in [0.1, 0.15) is 41.5 Å². The highest BCUT2D eigenvalue weighted by atomic mass is 31.2. The molecule has 0 aliphatic rings. The molecule has 0 aliphatic carbocycles. The van der Waals surface area contributed by atoms with Crippen molar-refractivity contribution in [1.82, 2.24) is 10.6 Å². The van der Waals surface area contributed by atoms with Gasteiger partial charge < -0.3 is 20.1 Å². The van der Waals surface area contributed by atoms with Crippen LogP contribution in [0.4, 0.5) is 4.79 Å². The fourth-order valence-corrected chi connectivity index (χ4v) is 3.12. The van der Waals surface area contributed by atoms with E-state index in [9.17, 15) is 18.9 Å². The zero-order chi connectivity index (χ0) is 23.4. The summed E-state index contributed by atoms with van der Waals surface area (Å²) in [5.74, 6) is -0.944. The van der Waals surface area contributed by atoms with Gasteiger partial charge in [0.2, 0.25) is 5.91 Å². The molecule has 0 spiro atoms. The number of esters is 1. The number of rotatable bonds is 13. The van der Waals surface area contributed by atoms with Crippen LogP contribution in [0.5, 0.6) is 0 Å². The highest BCUT2D eigenvalue weighted by Crippen LogP contribution is 2.49. The third kappa shape index (κ3) is 14.1. The van der Waals surface area contributed by atoms with Gasteiger partial charge in [-0.1, -0.05) is 6.08 Å². The van der Waals surface area contributed by atoms with Gasteiger partial charge in [0.1, 0.15) is 11.7 Å². The third-order valence-corrected chi connectivity index (χ3v) is 4.52. The zero-order valence-corrected chi connectivity index (χ0v) is 19.3. The van der Waals surface area contributed by atoms with Gasteiger partial charge in [-0.15, -0.1) is 6.58 Å². The molecule has 0 aromatic carbocycles. The van der Waals surface area contributed by atoms with Gasteiger partial charge in [-0.3, -0.25) is 23.2 Å². The molecule has 0 saturated heterocycles. The Morgan fingerprint density at radius 1 is 1.13 bits per heavy atom.